The van der Waals surface area contributed by atoms with E-state index in [4.69, 9.17) is 4.74 Å². The van der Waals surface area contributed by atoms with E-state index in [1.54, 1.807) is 0 Å². The van der Waals surface area contributed by atoms with Gasteiger partial charge in [-0.25, -0.2) is 0 Å². The zero-order valence-corrected chi connectivity index (χ0v) is 9.94. The van der Waals surface area contributed by atoms with Crippen molar-refractivity contribution in [2.45, 2.75) is 38.0 Å². The highest BCUT2D eigenvalue weighted by atomic mass is 32.2. The molecule has 0 aromatic heterocycles. The Hall–Kier alpha value is 0.0700. The van der Waals surface area contributed by atoms with Crippen molar-refractivity contribution in [3.05, 3.63) is 0 Å². The first-order valence-corrected chi connectivity index (χ1v) is 6.83. The molecule has 0 amide bonds. The van der Waals surface area contributed by atoms with Crippen LogP contribution in [0.3, 0.4) is 0 Å². The van der Waals surface area contributed by atoms with E-state index in [2.05, 4.69) is 12.2 Å². The number of rotatable bonds is 6. The van der Waals surface area contributed by atoms with Gasteiger partial charge in [-0.15, -0.1) is 0 Å². The molecule has 1 heterocycles. The Morgan fingerprint density at radius 1 is 1.57 bits per heavy atom. The van der Waals surface area contributed by atoms with E-state index in [0.717, 1.165) is 38.3 Å². The van der Waals surface area contributed by atoms with Gasteiger partial charge in [-0.05, 0) is 32.9 Å². The molecule has 3 atom stereocenters. The predicted octanol–water partition coefficient (Wildman–Crippen LogP) is 0.912. The number of hydrogen-bond donors (Lipinski definition) is 1. The van der Waals surface area contributed by atoms with Crippen LogP contribution in [0.5, 0.6) is 0 Å². The second kappa shape index (κ2) is 6.53. The molecule has 1 aliphatic heterocycles. The lowest BCUT2D eigenvalue weighted by Crippen LogP contribution is -2.26. The zero-order chi connectivity index (χ0) is 10.4. The molecule has 14 heavy (non-hydrogen) atoms. The highest BCUT2D eigenvalue weighted by Gasteiger charge is 2.28. The molecule has 4 heteroatoms. The van der Waals surface area contributed by atoms with Gasteiger partial charge in [-0.3, -0.25) is 4.21 Å². The fourth-order valence-corrected chi connectivity index (χ4v) is 3.32. The van der Waals surface area contributed by atoms with Crippen molar-refractivity contribution in [3.8, 4) is 0 Å². The maximum absolute atomic E-state index is 11.8. The van der Waals surface area contributed by atoms with E-state index >= 15 is 0 Å². The number of hydrogen-bond acceptors (Lipinski definition) is 3. The molecule has 3 unspecified atom stereocenters. The lowest BCUT2D eigenvalue weighted by atomic mass is 10.3. The summed E-state index contributed by atoms with van der Waals surface area (Å²) < 4.78 is 17.2. The van der Waals surface area contributed by atoms with E-state index in [1.165, 1.54) is 0 Å². The van der Waals surface area contributed by atoms with Gasteiger partial charge in [0.25, 0.3) is 0 Å². The molecule has 0 saturated carbocycles. The van der Waals surface area contributed by atoms with Crippen molar-refractivity contribution in [3.63, 3.8) is 0 Å². The maximum Gasteiger partial charge on any atom is 0.0691 e. The van der Waals surface area contributed by atoms with Crippen molar-refractivity contribution in [2.24, 2.45) is 0 Å². The summed E-state index contributed by atoms with van der Waals surface area (Å²) in [6.07, 6.45) is 2.16. The molecule has 0 spiro atoms. The summed E-state index contributed by atoms with van der Waals surface area (Å²) >= 11 is 0. The van der Waals surface area contributed by atoms with Crippen molar-refractivity contribution < 1.29 is 8.95 Å². The summed E-state index contributed by atoms with van der Waals surface area (Å²) in [5.74, 6) is 0.811. The average molecular weight is 219 g/mol. The molecule has 1 aliphatic rings. The van der Waals surface area contributed by atoms with Crippen molar-refractivity contribution in [2.75, 3.05) is 25.4 Å². The molecule has 1 rings (SSSR count). The molecule has 84 valence electrons. The molecule has 1 saturated heterocycles. The summed E-state index contributed by atoms with van der Waals surface area (Å²) in [5, 5.41) is 3.51. The highest BCUT2D eigenvalue weighted by Crippen LogP contribution is 2.18. The third kappa shape index (κ3) is 3.67. The Labute approximate surface area is 89.1 Å². The second-order valence-corrected chi connectivity index (χ2v) is 5.47. The Morgan fingerprint density at radius 3 is 2.93 bits per heavy atom. The van der Waals surface area contributed by atoms with Gasteiger partial charge in [0.05, 0.1) is 11.4 Å². The van der Waals surface area contributed by atoms with Crippen LogP contribution >= 0.6 is 0 Å². The minimum atomic E-state index is -0.694. The molecule has 3 nitrogen and oxygen atoms in total. The lowest BCUT2D eigenvalue weighted by molar-refractivity contribution is 0.127. The van der Waals surface area contributed by atoms with Crippen LogP contribution < -0.4 is 5.32 Å². The fourth-order valence-electron chi connectivity index (χ4n) is 1.72. The highest BCUT2D eigenvalue weighted by molar-refractivity contribution is 7.85. The van der Waals surface area contributed by atoms with Gasteiger partial charge in [0.15, 0.2) is 0 Å². The monoisotopic (exact) mass is 219 g/mol. The smallest absolute Gasteiger partial charge is 0.0691 e. The Balaban J connectivity index is 2.14. The normalized spacial score (nSPS) is 29.3. The number of ether oxygens (including phenoxy) is 1. The lowest BCUT2D eigenvalue weighted by Gasteiger charge is -2.13. The average Bonchev–Trinajstić information content (AvgIpc) is 2.59. The van der Waals surface area contributed by atoms with Crippen LogP contribution in [-0.2, 0) is 15.5 Å². The van der Waals surface area contributed by atoms with Crippen molar-refractivity contribution in [1.29, 1.82) is 0 Å². The van der Waals surface area contributed by atoms with E-state index in [9.17, 15) is 4.21 Å². The van der Waals surface area contributed by atoms with Crippen LogP contribution in [0.25, 0.3) is 0 Å². The summed E-state index contributed by atoms with van der Waals surface area (Å²) in [5.41, 5.74) is 0. The summed E-state index contributed by atoms with van der Waals surface area (Å²) in [6.45, 7) is 6.87. The first-order valence-electron chi connectivity index (χ1n) is 5.45. The Morgan fingerprint density at radius 2 is 2.36 bits per heavy atom. The molecule has 0 bridgehead atoms. The van der Waals surface area contributed by atoms with Crippen LogP contribution in [0, 0.1) is 0 Å². The van der Waals surface area contributed by atoms with Crippen LogP contribution in [0.2, 0.25) is 0 Å². The minimum Gasteiger partial charge on any atom is -0.377 e. The molecular weight excluding hydrogens is 198 g/mol. The first kappa shape index (κ1) is 12.1. The minimum absolute atomic E-state index is 0.190. The quantitative estimate of drug-likeness (QED) is 0.675. The van der Waals surface area contributed by atoms with Crippen LogP contribution in [0.1, 0.15) is 26.7 Å². The molecular formula is C10H21NO2S. The van der Waals surface area contributed by atoms with E-state index < -0.39 is 10.8 Å². The Kier molecular flexibility index (Phi) is 5.67. The third-order valence-corrected chi connectivity index (χ3v) is 4.58. The SMILES string of the molecule is CCNCCCS(=O)C1CCOC1C. The molecule has 0 aliphatic carbocycles. The standard InChI is InChI=1S/C10H21NO2S/c1-3-11-6-4-8-14(12)10-5-7-13-9(10)2/h9-11H,3-8H2,1-2H3. The van der Waals surface area contributed by atoms with Gasteiger partial charge in [0, 0.05) is 23.2 Å². The summed E-state index contributed by atoms with van der Waals surface area (Å²) in [6, 6.07) is 0. The van der Waals surface area contributed by atoms with Crippen LogP contribution in [0.15, 0.2) is 0 Å². The topological polar surface area (TPSA) is 38.3 Å². The van der Waals surface area contributed by atoms with E-state index in [0.29, 0.717) is 0 Å². The van der Waals surface area contributed by atoms with Crippen molar-refractivity contribution >= 4 is 10.8 Å². The van der Waals surface area contributed by atoms with Gasteiger partial charge in [0.2, 0.25) is 0 Å². The predicted molar refractivity (Wildman–Crippen MR) is 60.0 cm³/mol. The third-order valence-electron chi connectivity index (χ3n) is 2.59. The Bertz CT molecular complexity index is 187. The zero-order valence-electron chi connectivity index (χ0n) is 9.12. The van der Waals surface area contributed by atoms with Gasteiger partial charge >= 0.3 is 0 Å². The molecule has 0 aromatic carbocycles. The molecule has 0 radical (unpaired) electrons. The van der Waals surface area contributed by atoms with Gasteiger partial charge in [-0.1, -0.05) is 6.92 Å². The first-order chi connectivity index (χ1) is 6.75. The molecule has 1 N–H and O–H groups in total. The van der Waals surface area contributed by atoms with E-state index in [-0.39, 0.29) is 11.4 Å². The van der Waals surface area contributed by atoms with Crippen LogP contribution in [-0.4, -0.2) is 41.0 Å². The maximum atomic E-state index is 11.8. The molecule has 1 fully saturated rings. The summed E-state index contributed by atoms with van der Waals surface area (Å²) in [4.78, 5) is 0. The second-order valence-electron chi connectivity index (χ2n) is 3.70. The van der Waals surface area contributed by atoms with Crippen LogP contribution in [0.4, 0.5) is 0 Å². The largest absolute Gasteiger partial charge is 0.377 e. The molecule has 0 aromatic rings. The van der Waals surface area contributed by atoms with E-state index in [1.807, 2.05) is 6.92 Å². The summed E-state index contributed by atoms with van der Waals surface area (Å²) in [7, 11) is -0.694. The number of nitrogens with one attached hydrogen (secondary N) is 1. The van der Waals surface area contributed by atoms with Gasteiger partial charge < -0.3 is 10.1 Å². The fraction of sp³-hybridized carbons (Fsp3) is 1.00. The van der Waals surface area contributed by atoms with Gasteiger partial charge in [0.1, 0.15) is 0 Å². The van der Waals surface area contributed by atoms with Gasteiger partial charge in [-0.2, -0.15) is 0 Å². The van der Waals surface area contributed by atoms with Crippen molar-refractivity contribution in [1.82, 2.24) is 5.32 Å².